The zero-order chi connectivity index (χ0) is 23.9. The molecule has 2 rings (SSSR count). The van der Waals surface area contributed by atoms with Crippen LogP contribution in [-0.4, -0.2) is 22.7 Å². The Morgan fingerprint density at radius 2 is 1.39 bits per heavy atom. The van der Waals surface area contributed by atoms with Crippen molar-refractivity contribution in [3.05, 3.63) is 41.7 Å². The smallest absolute Gasteiger partial charge is 0.201 e. The minimum Gasteiger partial charge on any atom is -0.487 e. The number of unbranched alkanes of at least 4 members (excludes halogenated alkanes) is 9. The van der Waals surface area contributed by atoms with Gasteiger partial charge in [-0.05, 0) is 37.0 Å². The molecule has 184 valence electrons. The summed E-state index contributed by atoms with van der Waals surface area (Å²) in [6.07, 6.45) is 15.9. The molecule has 0 unspecified atom stereocenters. The number of aromatic nitrogens is 2. The van der Waals surface area contributed by atoms with Gasteiger partial charge in [-0.15, -0.1) is 0 Å². The fourth-order valence-electron chi connectivity index (χ4n) is 3.78. The highest BCUT2D eigenvalue weighted by Crippen LogP contribution is 2.28. The van der Waals surface area contributed by atoms with E-state index < -0.39 is 17.8 Å². The zero-order valence-electron chi connectivity index (χ0n) is 20.2. The number of rotatable bonds is 17. The normalized spacial score (nSPS) is 12.2. The minimum atomic E-state index is -1.20. The van der Waals surface area contributed by atoms with Gasteiger partial charge in [0.15, 0.2) is 17.4 Å². The molecule has 0 saturated carbocycles. The second-order valence-electron chi connectivity index (χ2n) is 8.78. The fourth-order valence-corrected chi connectivity index (χ4v) is 3.78. The lowest BCUT2D eigenvalue weighted by atomic mass is 10.1. The summed E-state index contributed by atoms with van der Waals surface area (Å²) in [7, 11) is 0. The molecule has 6 heteroatoms. The van der Waals surface area contributed by atoms with Gasteiger partial charge in [0, 0.05) is 12.4 Å². The number of aryl methyl sites for hydroxylation is 1. The Morgan fingerprint density at radius 3 is 2.06 bits per heavy atom. The first-order chi connectivity index (χ1) is 16.1. The summed E-state index contributed by atoms with van der Waals surface area (Å²) in [6.45, 7) is 4.02. The van der Waals surface area contributed by atoms with Crippen molar-refractivity contribution < 1.29 is 17.9 Å². The number of alkyl halides is 1. The van der Waals surface area contributed by atoms with Gasteiger partial charge in [-0.2, -0.15) is 4.39 Å². The van der Waals surface area contributed by atoms with Gasteiger partial charge in [-0.3, -0.25) is 0 Å². The van der Waals surface area contributed by atoms with Crippen molar-refractivity contribution in [3.63, 3.8) is 0 Å². The first-order valence-electron chi connectivity index (χ1n) is 12.6. The average molecular weight is 465 g/mol. The molecule has 33 heavy (non-hydrogen) atoms. The van der Waals surface area contributed by atoms with Gasteiger partial charge in [0.05, 0.1) is 5.56 Å². The van der Waals surface area contributed by atoms with Crippen LogP contribution in [0.5, 0.6) is 5.75 Å². The topological polar surface area (TPSA) is 35.0 Å². The average Bonchev–Trinajstić information content (AvgIpc) is 2.83. The molecule has 0 aliphatic heterocycles. The third-order valence-corrected chi connectivity index (χ3v) is 5.85. The second-order valence-corrected chi connectivity index (χ2v) is 8.78. The monoisotopic (exact) mass is 464 g/mol. The van der Waals surface area contributed by atoms with Crippen LogP contribution >= 0.6 is 0 Å². The highest BCUT2D eigenvalue weighted by atomic mass is 19.2. The van der Waals surface area contributed by atoms with Crippen LogP contribution in [0.15, 0.2) is 24.5 Å². The van der Waals surface area contributed by atoms with Crippen LogP contribution in [0.4, 0.5) is 13.2 Å². The Kier molecular flexibility index (Phi) is 12.9. The molecule has 0 spiro atoms. The Hall–Kier alpha value is -2.11. The molecule has 0 saturated heterocycles. The van der Waals surface area contributed by atoms with Gasteiger partial charge in [0.1, 0.15) is 12.8 Å². The van der Waals surface area contributed by atoms with Crippen LogP contribution in [0, 0.1) is 11.6 Å². The maximum atomic E-state index is 14.6. The summed E-state index contributed by atoms with van der Waals surface area (Å²) in [4.78, 5) is 8.45. The lowest BCUT2D eigenvalue weighted by Crippen LogP contribution is -2.14. The third kappa shape index (κ3) is 9.73. The number of hydrogen-bond acceptors (Lipinski definition) is 3. The van der Waals surface area contributed by atoms with E-state index in [1.54, 1.807) is 12.4 Å². The third-order valence-electron chi connectivity index (χ3n) is 5.85. The maximum absolute atomic E-state index is 14.6. The molecule has 2 aromatic rings. The van der Waals surface area contributed by atoms with Crippen molar-refractivity contribution in [3.8, 4) is 17.1 Å². The van der Waals surface area contributed by atoms with Crippen molar-refractivity contribution in [1.82, 2.24) is 9.97 Å². The van der Waals surface area contributed by atoms with Crippen molar-refractivity contribution >= 4 is 0 Å². The largest absolute Gasteiger partial charge is 0.487 e. The number of halogens is 3. The minimum absolute atomic E-state index is 0.0290. The molecule has 0 radical (unpaired) electrons. The van der Waals surface area contributed by atoms with E-state index in [0.29, 0.717) is 6.42 Å². The molecule has 0 fully saturated rings. The van der Waals surface area contributed by atoms with E-state index in [2.05, 4.69) is 23.8 Å². The highest BCUT2D eigenvalue weighted by molar-refractivity contribution is 5.57. The fraction of sp³-hybridized carbons (Fsp3) is 0.630. The standard InChI is InChI=1S/C27H39F3N2O/c1-3-5-7-9-10-11-12-14-21-18-31-27(32-19-21)23-16-17-24(26(30)25(23)29)33-20-22(28)15-13-8-6-4-2/h16-19,22H,3-15,20H2,1-2H3/t22-/m0/s1. The Labute approximate surface area is 197 Å². The Morgan fingerprint density at radius 1 is 0.788 bits per heavy atom. The van der Waals surface area contributed by atoms with Gasteiger partial charge in [-0.1, -0.05) is 78.1 Å². The summed E-state index contributed by atoms with van der Waals surface area (Å²) < 4.78 is 48.2. The van der Waals surface area contributed by atoms with Crippen LogP contribution in [0.3, 0.4) is 0 Å². The molecule has 0 amide bonds. The van der Waals surface area contributed by atoms with E-state index in [4.69, 9.17) is 4.74 Å². The van der Waals surface area contributed by atoms with Crippen LogP contribution in [0.2, 0.25) is 0 Å². The quantitative estimate of drug-likeness (QED) is 0.220. The van der Waals surface area contributed by atoms with Crippen molar-refractivity contribution in [1.29, 1.82) is 0 Å². The predicted octanol–water partition coefficient (Wildman–Crippen LogP) is 8.40. The molecule has 3 nitrogen and oxygen atoms in total. The number of benzene rings is 1. The summed E-state index contributed by atoms with van der Waals surface area (Å²) >= 11 is 0. The molecule has 0 bridgehead atoms. The molecule has 1 aromatic carbocycles. The molecule has 1 heterocycles. The highest BCUT2D eigenvalue weighted by Gasteiger charge is 2.18. The first kappa shape index (κ1) is 27.1. The summed E-state index contributed by atoms with van der Waals surface area (Å²) in [5.74, 6) is -2.38. The molecule has 0 aliphatic rings. The van der Waals surface area contributed by atoms with Crippen LogP contribution in [-0.2, 0) is 6.42 Å². The van der Waals surface area contributed by atoms with Gasteiger partial charge in [-0.25, -0.2) is 18.7 Å². The number of nitrogens with zero attached hydrogens (tertiary/aromatic N) is 2. The van der Waals surface area contributed by atoms with E-state index in [1.165, 1.54) is 50.7 Å². The van der Waals surface area contributed by atoms with Crippen molar-refractivity contribution in [2.24, 2.45) is 0 Å². The van der Waals surface area contributed by atoms with Crippen molar-refractivity contribution in [2.75, 3.05) is 6.61 Å². The van der Waals surface area contributed by atoms with Crippen molar-refractivity contribution in [2.45, 2.75) is 103 Å². The summed E-state index contributed by atoms with van der Waals surface area (Å²) in [5.41, 5.74) is 0.958. The molecular formula is C27H39F3N2O. The van der Waals surface area contributed by atoms with E-state index in [0.717, 1.165) is 44.1 Å². The summed E-state index contributed by atoms with van der Waals surface area (Å²) in [6, 6.07) is 2.70. The van der Waals surface area contributed by atoms with E-state index >= 15 is 0 Å². The van der Waals surface area contributed by atoms with Crippen LogP contribution in [0.1, 0.15) is 96.5 Å². The van der Waals surface area contributed by atoms with E-state index in [-0.39, 0.29) is 23.7 Å². The Bertz CT molecular complexity index is 799. The lowest BCUT2D eigenvalue weighted by molar-refractivity contribution is 0.177. The summed E-state index contributed by atoms with van der Waals surface area (Å²) in [5, 5.41) is 0. The Balaban J connectivity index is 1.84. The van der Waals surface area contributed by atoms with E-state index in [9.17, 15) is 13.2 Å². The molecule has 0 N–H and O–H groups in total. The van der Waals surface area contributed by atoms with Gasteiger partial charge >= 0.3 is 0 Å². The molecular weight excluding hydrogens is 425 g/mol. The number of ether oxygens (including phenoxy) is 1. The molecule has 0 aliphatic carbocycles. The second kappa shape index (κ2) is 15.7. The first-order valence-corrected chi connectivity index (χ1v) is 12.6. The SMILES string of the molecule is CCCCCCCCCc1cnc(-c2ccc(OC[C@@H](F)CCCCCC)c(F)c2F)nc1. The molecule has 1 aromatic heterocycles. The molecule has 1 atom stereocenters. The van der Waals surface area contributed by atoms with Crippen LogP contribution in [0.25, 0.3) is 11.4 Å². The van der Waals surface area contributed by atoms with Crippen LogP contribution < -0.4 is 4.74 Å². The number of hydrogen-bond donors (Lipinski definition) is 0. The van der Waals surface area contributed by atoms with E-state index in [1.807, 2.05) is 0 Å². The zero-order valence-corrected chi connectivity index (χ0v) is 20.2. The van der Waals surface area contributed by atoms with Gasteiger partial charge in [0.25, 0.3) is 0 Å². The van der Waals surface area contributed by atoms with Gasteiger partial charge in [0.2, 0.25) is 5.82 Å². The van der Waals surface area contributed by atoms with Gasteiger partial charge < -0.3 is 4.74 Å². The predicted molar refractivity (Wildman–Crippen MR) is 128 cm³/mol. The lowest BCUT2D eigenvalue weighted by Gasteiger charge is -2.12. The maximum Gasteiger partial charge on any atom is 0.201 e.